The van der Waals surface area contributed by atoms with Crippen molar-refractivity contribution in [3.63, 3.8) is 0 Å². The molecule has 0 fully saturated rings. The maximum Gasteiger partial charge on any atom is 0.263 e. The average molecular weight is 515 g/mol. The molecular weight excluding hydrogens is 488 g/mol. The van der Waals surface area contributed by atoms with Gasteiger partial charge < -0.3 is 14.4 Å². The Morgan fingerprint density at radius 3 is 2.57 bits per heavy atom. The van der Waals surface area contributed by atoms with E-state index in [4.69, 9.17) is 21.1 Å². The molecule has 1 atom stereocenters. The molecule has 0 saturated heterocycles. The van der Waals surface area contributed by atoms with E-state index >= 15 is 0 Å². The topological polar surface area (TPSA) is 84.9 Å². The SMILES string of the molecule is CC[C@@H]1Oc2ccc(NS(=O)(=O)c3ccc(Cl)cc3)cc2CN(CCc2ccccc2OC)C1=O. The number of hydrogen-bond acceptors (Lipinski definition) is 5. The van der Waals surface area contributed by atoms with Crippen LogP contribution in [-0.2, 0) is 27.8 Å². The van der Waals surface area contributed by atoms with Gasteiger partial charge in [-0.25, -0.2) is 8.42 Å². The number of methoxy groups -OCH3 is 1. The molecule has 1 amide bonds. The number of anilines is 1. The van der Waals surface area contributed by atoms with Crippen LogP contribution >= 0.6 is 11.6 Å². The molecule has 4 rings (SSSR count). The summed E-state index contributed by atoms with van der Waals surface area (Å²) in [4.78, 5) is 15.1. The first-order chi connectivity index (χ1) is 16.8. The quantitative estimate of drug-likeness (QED) is 0.462. The monoisotopic (exact) mass is 514 g/mol. The number of benzene rings is 3. The number of rotatable bonds is 8. The van der Waals surface area contributed by atoms with Crippen molar-refractivity contribution in [3.8, 4) is 11.5 Å². The second-order valence-corrected chi connectivity index (χ2v) is 10.3. The van der Waals surface area contributed by atoms with Gasteiger partial charge in [0.2, 0.25) is 0 Å². The zero-order valence-electron chi connectivity index (χ0n) is 19.5. The molecule has 3 aromatic carbocycles. The number of carbonyl (C=O) groups excluding carboxylic acids is 1. The lowest BCUT2D eigenvalue weighted by molar-refractivity contribution is -0.138. The van der Waals surface area contributed by atoms with Gasteiger partial charge in [0.25, 0.3) is 15.9 Å². The molecule has 0 aromatic heterocycles. The van der Waals surface area contributed by atoms with E-state index in [-0.39, 0.29) is 10.8 Å². The summed E-state index contributed by atoms with van der Waals surface area (Å²) >= 11 is 5.88. The van der Waals surface area contributed by atoms with Crippen molar-refractivity contribution in [1.29, 1.82) is 0 Å². The van der Waals surface area contributed by atoms with Crippen LogP contribution in [0.1, 0.15) is 24.5 Å². The molecule has 0 bridgehead atoms. The third-order valence-corrected chi connectivity index (χ3v) is 7.52. The highest BCUT2D eigenvalue weighted by molar-refractivity contribution is 7.92. The highest BCUT2D eigenvalue weighted by atomic mass is 35.5. The molecule has 0 radical (unpaired) electrons. The summed E-state index contributed by atoms with van der Waals surface area (Å²) < 4.78 is 39.7. The van der Waals surface area contributed by atoms with E-state index in [1.807, 2.05) is 31.2 Å². The van der Waals surface area contributed by atoms with Gasteiger partial charge in [-0.3, -0.25) is 9.52 Å². The largest absolute Gasteiger partial charge is 0.496 e. The second kappa shape index (κ2) is 10.6. The summed E-state index contributed by atoms with van der Waals surface area (Å²) in [6.45, 7) is 2.68. The molecule has 35 heavy (non-hydrogen) atoms. The van der Waals surface area contributed by atoms with Crippen molar-refractivity contribution in [2.75, 3.05) is 18.4 Å². The third-order valence-electron chi connectivity index (χ3n) is 5.87. The minimum Gasteiger partial charge on any atom is -0.496 e. The van der Waals surface area contributed by atoms with E-state index in [2.05, 4.69) is 4.72 Å². The number of halogens is 1. The Morgan fingerprint density at radius 1 is 1.11 bits per heavy atom. The standard InChI is InChI=1S/C26H27ClN2O5S/c1-3-23-26(30)29(15-14-18-6-4-5-7-24(18)33-2)17-19-16-21(10-13-25(19)34-23)28-35(31,32)22-11-8-20(27)9-12-22/h4-13,16,23,28H,3,14-15,17H2,1-2H3/t23-/m0/s1. The molecule has 0 unspecified atom stereocenters. The lowest BCUT2D eigenvalue weighted by atomic mass is 10.1. The first-order valence-electron chi connectivity index (χ1n) is 11.3. The van der Waals surface area contributed by atoms with Gasteiger partial charge in [-0.1, -0.05) is 36.7 Å². The van der Waals surface area contributed by atoms with E-state index in [1.165, 1.54) is 24.3 Å². The highest BCUT2D eigenvalue weighted by Crippen LogP contribution is 2.31. The number of nitrogens with zero attached hydrogens (tertiary/aromatic N) is 1. The molecule has 1 heterocycles. The molecule has 0 spiro atoms. The van der Waals surface area contributed by atoms with Crippen LogP contribution in [0.15, 0.2) is 71.6 Å². The number of sulfonamides is 1. The Kier molecular flexibility index (Phi) is 7.52. The second-order valence-electron chi connectivity index (χ2n) is 8.22. The lowest BCUT2D eigenvalue weighted by Crippen LogP contribution is -2.40. The molecule has 1 aliphatic rings. The molecule has 7 nitrogen and oxygen atoms in total. The molecule has 1 N–H and O–H groups in total. The number of amides is 1. The Bertz CT molecular complexity index is 1310. The van der Waals surface area contributed by atoms with Crippen LogP contribution in [0, 0.1) is 0 Å². The molecule has 0 aliphatic carbocycles. The van der Waals surface area contributed by atoms with Crippen molar-refractivity contribution in [3.05, 3.63) is 82.9 Å². The Hall–Kier alpha value is -3.23. The number of fused-ring (bicyclic) bond motifs is 1. The fraction of sp³-hybridized carbons (Fsp3) is 0.269. The predicted molar refractivity (Wildman–Crippen MR) is 136 cm³/mol. The van der Waals surface area contributed by atoms with Gasteiger partial charge in [0.1, 0.15) is 11.5 Å². The van der Waals surface area contributed by atoms with Crippen LogP contribution in [0.2, 0.25) is 5.02 Å². The molecule has 0 saturated carbocycles. The van der Waals surface area contributed by atoms with Crippen molar-refractivity contribution in [1.82, 2.24) is 4.90 Å². The molecule has 9 heteroatoms. The van der Waals surface area contributed by atoms with Gasteiger partial charge in [0.15, 0.2) is 6.10 Å². The van der Waals surface area contributed by atoms with E-state index < -0.39 is 16.1 Å². The normalized spacial score (nSPS) is 15.7. The maximum atomic E-state index is 13.2. The van der Waals surface area contributed by atoms with Gasteiger partial charge in [-0.15, -0.1) is 0 Å². The number of hydrogen-bond donors (Lipinski definition) is 1. The van der Waals surface area contributed by atoms with Crippen LogP contribution in [0.5, 0.6) is 11.5 Å². The number of para-hydroxylation sites is 1. The van der Waals surface area contributed by atoms with Gasteiger partial charge in [-0.05, 0) is 66.9 Å². The van der Waals surface area contributed by atoms with Crippen molar-refractivity contribution in [2.24, 2.45) is 0 Å². The predicted octanol–water partition coefficient (Wildman–Crippen LogP) is 4.89. The summed E-state index contributed by atoms with van der Waals surface area (Å²) in [6.07, 6.45) is 0.532. The maximum absolute atomic E-state index is 13.2. The van der Waals surface area contributed by atoms with Gasteiger partial charge >= 0.3 is 0 Å². The first kappa shape index (κ1) is 24.9. The first-order valence-corrected chi connectivity index (χ1v) is 13.2. The Balaban J connectivity index is 1.58. The average Bonchev–Trinajstić information content (AvgIpc) is 2.98. The number of ether oxygens (including phenoxy) is 2. The zero-order valence-corrected chi connectivity index (χ0v) is 21.1. The molecule has 1 aliphatic heterocycles. The molecule has 3 aromatic rings. The fourth-order valence-corrected chi connectivity index (χ4v) is 5.19. The van der Waals surface area contributed by atoms with Gasteiger partial charge in [-0.2, -0.15) is 0 Å². The Morgan fingerprint density at radius 2 is 1.86 bits per heavy atom. The fourth-order valence-electron chi connectivity index (χ4n) is 4.01. The van der Waals surface area contributed by atoms with E-state index in [1.54, 1.807) is 30.2 Å². The number of nitrogens with one attached hydrogen (secondary N) is 1. The van der Waals surface area contributed by atoms with Crippen LogP contribution in [0.25, 0.3) is 0 Å². The third kappa shape index (κ3) is 5.71. The molecule has 184 valence electrons. The summed E-state index contributed by atoms with van der Waals surface area (Å²) in [5.74, 6) is 1.25. The van der Waals surface area contributed by atoms with E-state index in [0.29, 0.717) is 42.4 Å². The summed E-state index contributed by atoms with van der Waals surface area (Å²) in [6, 6.07) is 18.7. The molecular formula is C26H27ClN2O5S. The minimum atomic E-state index is -3.80. The smallest absolute Gasteiger partial charge is 0.263 e. The summed E-state index contributed by atoms with van der Waals surface area (Å²) in [7, 11) is -2.18. The van der Waals surface area contributed by atoms with Gasteiger partial charge in [0, 0.05) is 29.4 Å². The van der Waals surface area contributed by atoms with Crippen molar-refractivity contribution in [2.45, 2.75) is 37.3 Å². The lowest BCUT2D eigenvalue weighted by Gasteiger charge is -2.23. The van der Waals surface area contributed by atoms with E-state index in [0.717, 1.165) is 16.9 Å². The zero-order chi connectivity index (χ0) is 25.0. The van der Waals surface area contributed by atoms with Crippen LogP contribution in [-0.4, -0.2) is 39.0 Å². The highest BCUT2D eigenvalue weighted by Gasteiger charge is 2.30. The van der Waals surface area contributed by atoms with Crippen molar-refractivity contribution >= 4 is 33.2 Å². The minimum absolute atomic E-state index is 0.0955. The van der Waals surface area contributed by atoms with Gasteiger partial charge in [0.05, 0.1) is 12.0 Å². The summed E-state index contributed by atoms with van der Waals surface area (Å²) in [5.41, 5.74) is 2.12. The van der Waals surface area contributed by atoms with Crippen LogP contribution in [0.4, 0.5) is 5.69 Å². The number of carbonyl (C=O) groups is 1. The van der Waals surface area contributed by atoms with E-state index in [9.17, 15) is 13.2 Å². The van der Waals surface area contributed by atoms with Crippen molar-refractivity contribution < 1.29 is 22.7 Å². The van der Waals surface area contributed by atoms with Crippen LogP contribution < -0.4 is 14.2 Å². The Labute approximate surface area is 210 Å². The summed E-state index contributed by atoms with van der Waals surface area (Å²) in [5, 5.41) is 0.453. The van der Waals surface area contributed by atoms with Crippen LogP contribution in [0.3, 0.4) is 0 Å².